The van der Waals surface area contributed by atoms with Crippen LogP contribution in [0.4, 0.5) is 0 Å². The molecule has 7 heteroatoms. The Morgan fingerprint density at radius 2 is 2.00 bits per heavy atom. The van der Waals surface area contributed by atoms with E-state index in [0.29, 0.717) is 18.0 Å². The van der Waals surface area contributed by atoms with Crippen LogP contribution in [0.5, 0.6) is 0 Å². The van der Waals surface area contributed by atoms with Crippen LogP contribution in [-0.4, -0.2) is 52.8 Å². The van der Waals surface area contributed by atoms with E-state index in [9.17, 15) is 14.7 Å². The Morgan fingerprint density at radius 1 is 1.25 bits per heavy atom. The van der Waals surface area contributed by atoms with Gasteiger partial charge in [0, 0.05) is 17.6 Å². The van der Waals surface area contributed by atoms with Crippen molar-refractivity contribution < 1.29 is 14.7 Å². The molecule has 0 bridgehead atoms. The van der Waals surface area contributed by atoms with Crippen molar-refractivity contribution in [3.8, 4) is 0 Å². The minimum absolute atomic E-state index is 0.157. The number of rotatable bonds is 8. The Kier molecular flexibility index (Phi) is 6.69. The average Bonchev–Trinajstić information content (AvgIpc) is 3.31. The zero-order chi connectivity index (χ0) is 20.3. The number of aliphatic hydroxyl groups excluding tert-OH is 1. The van der Waals surface area contributed by atoms with Crippen LogP contribution >= 0.6 is 27.3 Å². The second-order valence-corrected chi connectivity index (χ2v) is 8.42. The molecule has 2 aromatic rings. The summed E-state index contributed by atoms with van der Waals surface area (Å²) in [5, 5.41) is 12.4. The van der Waals surface area contributed by atoms with Gasteiger partial charge in [-0.25, -0.2) is 0 Å². The van der Waals surface area contributed by atoms with E-state index < -0.39 is 17.7 Å². The lowest BCUT2D eigenvalue weighted by Gasteiger charge is -2.29. The molecule has 1 aliphatic heterocycles. The van der Waals surface area contributed by atoms with Crippen LogP contribution in [0.1, 0.15) is 35.1 Å². The van der Waals surface area contributed by atoms with Gasteiger partial charge in [-0.1, -0.05) is 48.0 Å². The molecule has 1 atom stereocenters. The van der Waals surface area contributed by atoms with Crippen molar-refractivity contribution in [1.82, 2.24) is 9.80 Å². The van der Waals surface area contributed by atoms with Crippen molar-refractivity contribution in [2.24, 2.45) is 0 Å². The molecule has 1 aromatic carbocycles. The highest BCUT2D eigenvalue weighted by atomic mass is 79.9. The SMILES string of the molecule is CCN(CC)CCN1C(=O)C(O)=C(C(=O)c2cccs2)[C@H]1c1cccc(Br)c1. The second-order valence-electron chi connectivity index (χ2n) is 6.55. The Morgan fingerprint density at radius 3 is 2.61 bits per heavy atom. The molecular formula is C21H23BrN2O3S. The number of hydrogen-bond donors (Lipinski definition) is 1. The quantitative estimate of drug-likeness (QED) is 0.589. The number of ketones is 1. The van der Waals surface area contributed by atoms with Gasteiger partial charge in [0.15, 0.2) is 5.76 Å². The standard InChI is InChI=1S/C21H23BrN2O3S/c1-3-23(4-2)10-11-24-18(14-7-5-8-15(22)13-14)17(20(26)21(24)27)19(25)16-9-6-12-28-16/h5-9,12-13,18,26H,3-4,10-11H2,1-2H3/t18-/m1/s1. The second kappa shape index (κ2) is 9.03. The van der Waals surface area contributed by atoms with Crippen molar-refractivity contribution >= 4 is 39.0 Å². The smallest absolute Gasteiger partial charge is 0.290 e. The van der Waals surface area contributed by atoms with Gasteiger partial charge in [-0.2, -0.15) is 0 Å². The Bertz CT molecular complexity index is 891. The van der Waals surface area contributed by atoms with Crippen molar-refractivity contribution in [1.29, 1.82) is 0 Å². The number of likely N-dealkylation sites (N-methyl/N-ethyl adjacent to an activating group) is 1. The van der Waals surface area contributed by atoms with Crippen LogP contribution in [0.15, 0.2) is 57.6 Å². The van der Waals surface area contributed by atoms with Gasteiger partial charge >= 0.3 is 0 Å². The third-order valence-electron chi connectivity index (χ3n) is 5.01. The summed E-state index contributed by atoms with van der Waals surface area (Å²) >= 11 is 4.77. The molecule has 5 nitrogen and oxygen atoms in total. The van der Waals surface area contributed by atoms with Crippen molar-refractivity contribution in [3.63, 3.8) is 0 Å². The van der Waals surface area contributed by atoms with Crippen LogP contribution < -0.4 is 0 Å². The molecule has 2 heterocycles. The largest absolute Gasteiger partial charge is 0.503 e. The lowest BCUT2D eigenvalue weighted by atomic mass is 9.95. The number of nitrogens with zero attached hydrogens (tertiary/aromatic N) is 2. The van der Waals surface area contributed by atoms with E-state index in [0.717, 1.165) is 23.1 Å². The number of aliphatic hydroxyl groups is 1. The molecule has 148 valence electrons. The Balaban J connectivity index is 2.01. The predicted molar refractivity (Wildman–Crippen MR) is 115 cm³/mol. The van der Waals surface area contributed by atoms with Gasteiger partial charge in [-0.05, 0) is 42.2 Å². The highest BCUT2D eigenvalue weighted by molar-refractivity contribution is 9.10. The summed E-state index contributed by atoms with van der Waals surface area (Å²) < 4.78 is 0.857. The highest BCUT2D eigenvalue weighted by Gasteiger charge is 2.43. The molecule has 1 amide bonds. The van der Waals surface area contributed by atoms with Gasteiger partial charge in [-0.15, -0.1) is 11.3 Å². The van der Waals surface area contributed by atoms with Crippen LogP contribution in [0, 0.1) is 0 Å². The van der Waals surface area contributed by atoms with E-state index in [1.807, 2.05) is 29.6 Å². The van der Waals surface area contributed by atoms with Crippen LogP contribution in [-0.2, 0) is 4.79 Å². The van der Waals surface area contributed by atoms with E-state index in [4.69, 9.17) is 0 Å². The summed E-state index contributed by atoms with van der Waals surface area (Å²) in [6, 6.07) is 10.4. The van der Waals surface area contributed by atoms with Crippen LogP contribution in [0.2, 0.25) is 0 Å². The minimum atomic E-state index is -0.602. The first kappa shape index (κ1) is 20.8. The zero-order valence-electron chi connectivity index (χ0n) is 15.9. The number of Topliss-reactive ketones (excluding diaryl/α,β-unsaturated/α-hetero) is 1. The van der Waals surface area contributed by atoms with Gasteiger partial charge in [0.05, 0.1) is 16.5 Å². The molecule has 1 aromatic heterocycles. The first-order valence-electron chi connectivity index (χ1n) is 9.28. The maximum absolute atomic E-state index is 13.1. The zero-order valence-corrected chi connectivity index (χ0v) is 18.3. The number of amides is 1. The fourth-order valence-electron chi connectivity index (χ4n) is 3.47. The minimum Gasteiger partial charge on any atom is -0.503 e. The average molecular weight is 463 g/mol. The number of thiophene rings is 1. The maximum Gasteiger partial charge on any atom is 0.290 e. The molecule has 1 aliphatic rings. The maximum atomic E-state index is 13.1. The third-order valence-corrected chi connectivity index (χ3v) is 6.37. The number of hydrogen-bond acceptors (Lipinski definition) is 5. The van der Waals surface area contributed by atoms with E-state index in [-0.39, 0.29) is 11.4 Å². The summed E-state index contributed by atoms with van der Waals surface area (Å²) in [5.74, 6) is -1.23. The van der Waals surface area contributed by atoms with Gasteiger partial charge < -0.3 is 14.9 Å². The first-order chi connectivity index (χ1) is 13.5. The molecule has 0 saturated heterocycles. The Labute approximate surface area is 177 Å². The number of carbonyl (C=O) groups excluding carboxylic acids is 2. The molecule has 0 fully saturated rings. The fraction of sp³-hybridized carbons (Fsp3) is 0.333. The first-order valence-corrected chi connectivity index (χ1v) is 10.9. The van der Waals surface area contributed by atoms with Gasteiger partial charge in [0.2, 0.25) is 5.78 Å². The van der Waals surface area contributed by atoms with Crippen LogP contribution in [0.3, 0.4) is 0 Å². The molecular weight excluding hydrogens is 440 g/mol. The summed E-state index contributed by atoms with van der Waals surface area (Å²) in [6.45, 7) is 7.01. The van der Waals surface area contributed by atoms with Crippen molar-refractivity contribution in [2.45, 2.75) is 19.9 Å². The molecule has 1 N–H and O–H groups in total. The summed E-state index contributed by atoms with van der Waals surface area (Å²) in [5.41, 5.74) is 0.955. The van der Waals surface area contributed by atoms with Gasteiger partial charge in [-0.3, -0.25) is 9.59 Å². The third kappa shape index (κ3) is 4.06. The molecule has 28 heavy (non-hydrogen) atoms. The normalized spacial score (nSPS) is 17.1. The predicted octanol–water partition coefficient (Wildman–Crippen LogP) is 4.43. The van der Waals surface area contributed by atoms with E-state index in [2.05, 4.69) is 34.7 Å². The highest BCUT2D eigenvalue weighted by Crippen LogP contribution is 2.39. The molecule has 0 radical (unpaired) electrons. The van der Waals surface area contributed by atoms with Gasteiger partial charge in [0.1, 0.15) is 0 Å². The molecule has 0 unspecified atom stereocenters. The molecule has 0 aliphatic carbocycles. The number of benzene rings is 1. The fourth-order valence-corrected chi connectivity index (χ4v) is 4.56. The summed E-state index contributed by atoms with van der Waals surface area (Å²) in [7, 11) is 0. The van der Waals surface area contributed by atoms with Gasteiger partial charge in [0.25, 0.3) is 5.91 Å². The number of halogens is 1. The summed E-state index contributed by atoms with van der Waals surface area (Å²) in [6.07, 6.45) is 0. The monoisotopic (exact) mass is 462 g/mol. The molecule has 3 rings (SSSR count). The lowest BCUT2D eigenvalue weighted by Crippen LogP contribution is -2.38. The van der Waals surface area contributed by atoms with Crippen LogP contribution in [0.25, 0.3) is 0 Å². The van der Waals surface area contributed by atoms with E-state index in [1.54, 1.807) is 17.0 Å². The lowest BCUT2D eigenvalue weighted by molar-refractivity contribution is -0.129. The van der Waals surface area contributed by atoms with Crippen molar-refractivity contribution in [3.05, 3.63) is 68.0 Å². The molecule has 0 spiro atoms. The topological polar surface area (TPSA) is 60.9 Å². The Hall–Kier alpha value is -1.96. The molecule has 0 saturated carbocycles. The number of carbonyl (C=O) groups is 2. The van der Waals surface area contributed by atoms with E-state index >= 15 is 0 Å². The summed E-state index contributed by atoms with van der Waals surface area (Å²) in [4.78, 5) is 30.3. The van der Waals surface area contributed by atoms with E-state index in [1.165, 1.54) is 11.3 Å². The van der Waals surface area contributed by atoms with Crippen molar-refractivity contribution in [2.75, 3.05) is 26.2 Å².